The molecule has 65 heavy (non-hydrogen) atoms. The molecule has 17 N–H and O–H groups in total. The zero-order valence-electron chi connectivity index (χ0n) is 32.5. The van der Waals surface area contributed by atoms with Crippen LogP contribution in [-0.4, -0.2) is 125 Å². The number of benzene rings is 6. The summed E-state index contributed by atoms with van der Waals surface area (Å²) in [5, 5.41) is 151. The third kappa shape index (κ3) is 15.2. The highest BCUT2D eigenvalue weighted by Gasteiger charge is 2.15. The molecule has 0 aliphatic carbocycles. The summed E-state index contributed by atoms with van der Waals surface area (Å²) in [5.41, 5.74) is -0.508. The SMILES string of the molecule is O=Cc1c(O)cc(O)cc1O.O=Cc1c(O)cccc1O.O=Cc1cc(O)c(O)c(O)c1O.O=Cc1cc(O)c(O)cc1O.O=Cc1ccc(O)c(O)c1O.O=Cc1ccc(O)cc1O. The van der Waals surface area contributed by atoms with Gasteiger partial charge in [-0.25, -0.2) is 0 Å². The number of hydrogen-bond acceptors (Lipinski definition) is 23. The molecule has 23 nitrogen and oxygen atoms in total. The highest BCUT2D eigenvalue weighted by molar-refractivity contribution is 5.85. The summed E-state index contributed by atoms with van der Waals surface area (Å²) in [4.78, 5) is 60.8. The predicted molar refractivity (Wildman–Crippen MR) is 219 cm³/mol. The molecule has 23 heteroatoms. The maximum Gasteiger partial charge on any atom is 0.205 e. The number of carbonyl (C=O) groups excluding carboxylic acids is 6. The second-order valence-electron chi connectivity index (χ2n) is 11.9. The molecule has 0 aliphatic heterocycles. The Hall–Kier alpha value is -10.1. The van der Waals surface area contributed by atoms with E-state index in [1.807, 2.05) is 0 Å². The van der Waals surface area contributed by atoms with Crippen LogP contribution in [0.2, 0.25) is 0 Å². The molecule has 0 saturated heterocycles. The van der Waals surface area contributed by atoms with Crippen molar-refractivity contribution in [3.63, 3.8) is 0 Å². The quantitative estimate of drug-likeness (QED) is 0.0638. The van der Waals surface area contributed by atoms with E-state index in [2.05, 4.69) is 0 Å². The molecule has 0 fully saturated rings. The van der Waals surface area contributed by atoms with Gasteiger partial charge in [0.15, 0.2) is 72.2 Å². The number of aldehydes is 6. The zero-order valence-corrected chi connectivity index (χ0v) is 32.5. The molecule has 0 spiro atoms. The lowest BCUT2D eigenvalue weighted by molar-refractivity contribution is 0.111. The van der Waals surface area contributed by atoms with Gasteiger partial charge >= 0.3 is 0 Å². The molecular weight excluding hydrogens is 872 g/mol. The van der Waals surface area contributed by atoms with Gasteiger partial charge < -0.3 is 86.8 Å². The maximum atomic E-state index is 10.2. The fraction of sp³-hybridized carbons (Fsp3) is 0. The monoisotopic (exact) mass is 908 g/mol. The Morgan fingerprint density at radius 1 is 0.246 bits per heavy atom. The second-order valence-corrected chi connectivity index (χ2v) is 11.9. The van der Waals surface area contributed by atoms with Crippen LogP contribution in [0, 0.1) is 0 Å². The Labute approximate surface area is 362 Å². The van der Waals surface area contributed by atoms with Crippen molar-refractivity contribution in [2.75, 3.05) is 0 Å². The molecule has 0 aliphatic rings. The van der Waals surface area contributed by atoms with Gasteiger partial charge in [0.25, 0.3) is 0 Å². The predicted octanol–water partition coefficient (Wildman–Crippen LogP) is 3.99. The van der Waals surface area contributed by atoms with E-state index < -0.39 is 63.2 Å². The summed E-state index contributed by atoms with van der Waals surface area (Å²) < 4.78 is 0. The number of carbonyl (C=O) groups is 6. The number of aromatic hydroxyl groups is 17. The van der Waals surface area contributed by atoms with E-state index >= 15 is 0 Å². The highest BCUT2D eigenvalue weighted by atomic mass is 16.4. The van der Waals surface area contributed by atoms with Crippen LogP contribution in [0.5, 0.6) is 97.7 Å². The van der Waals surface area contributed by atoms with Gasteiger partial charge in [-0.2, -0.15) is 0 Å². The molecule has 0 atom stereocenters. The van der Waals surface area contributed by atoms with Gasteiger partial charge in [0.05, 0.1) is 33.4 Å². The van der Waals surface area contributed by atoms with Crippen LogP contribution in [0.1, 0.15) is 62.1 Å². The minimum absolute atomic E-state index is 0.0527. The van der Waals surface area contributed by atoms with Crippen LogP contribution in [0.25, 0.3) is 0 Å². The Balaban J connectivity index is 0.000000390. The summed E-state index contributed by atoms with van der Waals surface area (Å²) in [7, 11) is 0. The lowest BCUT2D eigenvalue weighted by atomic mass is 10.2. The Kier molecular flexibility index (Phi) is 20.3. The summed E-state index contributed by atoms with van der Waals surface area (Å²) >= 11 is 0. The summed E-state index contributed by atoms with van der Waals surface area (Å²) in [6.07, 6.45) is 2.25. The Morgan fingerprint density at radius 2 is 0.646 bits per heavy atom. The van der Waals surface area contributed by atoms with E-state index in [4.69, 9.17) is 86.8 Å². The van der Waals surface area contributed by atoms with Crippen LogP contribution >= 0.6 is 0 Å². The van der Waals surface area contributed by atoms with Crippen molar-refractivity contribution in [2.45, 2.75) is 0 Å². The van der Waals surface area contributed by atoms with Gasteiger partial charge in [0.2, 0.25) is 17.2 Å². The Morgan fingerprint density at radius 3 is 1.11 bits per heavy atom. The van der Waals surface area contributed by atoms with Crippen LogP contribution in [-0.2, 0) is 0 Å². The second kappa shape index (κ2) is 24.9. The average molecular weight is 909 g/mol. The standard InChI is InChI=1S/C7H6O5.3C7H6O4.2C7H6O3/c8-2-3-1-4(9)6(11)7(12)5(3)10;8-3-4-1-6(10)7(11)2-5(4)9;8-3-5-6(10)1-4(9)2-7(5)11;8-3-4-1-2-5(9)7(11)6(4)10;8-4-5-1-2-6(9)3-7(5)10;8-4-5-6(9)2-1-3-7(5)10/h1-2,9-12H;3*1-3,9-11H;2*1-4,9-10H. The number of phenolic OH excluding ortho intramolecular Hbond substituents is 17. The molecular formula is C42H36O23. The smallest absolute Gasteiger partial charge is 0.205 e. The number of hydrogen-bond donors (Lipinski definition) is 17. The van der Waals surface area contributed by atoms with Crippen LogP contribution < -0.4 is 0 Å². The summed E-state index contributed by atoms with van der Waals surface area (Å²) in [6, 6.07) is 14.9. The molecule has 6 aromatic rings. The zero-order chi connectivity index (χ0) is 49.7. The number of rotatable bonds is 6. The molecule has 0 aromatic heterocycles. The van der Waals surface area contributed by atoms with E-state index in [1.54, 1.807) is 0 Å². The molecule has 0 amide bonds. The molecule has 0 unspecified atom stereocenters. The van der Waals surface area contributed by atoms with Crippen LogP contribution in [0.15, 0.2) is 78.9 Å². The normalized spacial score (nSPS) is 9.42. The van der Waals surface area contributed by atoms with Gasteiger partial charge in [-0.05, 0) is 48.5 Å². The topological polar surface area (TPSA) is 446 Å². The van der Waals surface area contributed by atoms with Crippen molar-refractivity contribution in [1.82, 2.24) is 0 Å². The van der Waals surface area contributed by atoms with E-state index in [-0.39, 0.29) is 74.2 Å². The largest absolute Gasteiger partial charge is 0.508 e. The highest BCUT2D eigenvalue weighted by Crippen LogP contribution is 2.43. The minimum atomic E-state index is -0.905. The van der Waals surface area contributed by atoms with Gasteiger partial charge in [0.1, 0.15) is 46.0 Å². The molecule has 0 heterocycles. The van der Waals surface area contributed by atoms with Crippen LogP contribution in [0.4, 0.5) is 0 Å². The van der Waals surface area contributed by atoms with Gasteiger partial charge in [-0.1, -0.05) is 6.07 Å². The Bertz CT molecular complexity index is 2610. The van der Waals surface area contributed by atoms with E-state index in [1.165, 1.54) is 36.4 Å². The molecule has 6 aromatic carbocycles. The van der Waals surface area contributed by atoms with Gasteiger partial charge in [-0.15, -0.1) is 0 Å². The van der Waals surface area contributed by atoms with Crippen molar-refractivity contribution in [3.05, 3.63) is 112 Å². The first-order valence-electron chi connectivity index (χ1n) is 17.0. The molecule has 0 saturated carbocycles. The first-order chi connectivity index (χ1) is 30.5. The first-order valence-corrected chi connectivity index (χ1v) is 17.0. The van der Waals surface area contributed by atoms with Crippen molar-refractivity contribution in [2.24, 2.45) is 0 Å². The minimum Gasteiger partial charge on any atom is -0.508 e. The van der Waals surface area contributed by atoms with Crippen LogP contribution in [0.3, 0.4) is 0 Å². The average Bonchev–Trinajstić information content (AvgIpc) is 3.26. The molecule has 342 valence electrons. The van der Waals surface area contributed by atoms with E-state index in [0.717, 1.165) is 42.5 Å². The lowest BCUT2D eigenvalue weighted by Gasteiger charge is -2.04. The fourth-order valence-corrected chi connectivity index (χ4v) is 4.12. The molecule has 0 radical (unpaired) electrons. The maximum absolute atomic E-state index is 10.2. The van der Waals surface area contributed by atoms with Crippen molar-refractivity contribution >= 4 is 37.7 Å². The fourth-order valence-electron chi connectivity index (χ4n) is 4.12. The first kappa shape index (κ1) is 53.0. The van der Waals surface area contributed by atoms with Gasteiger partial charge in [-0.3, -0.25) is 28.8 Å². The summed E-state index contributed by atoms with van der Waals surface area (Å²) in [6.45, 7) is 0. The van der Waals surface area contributed by atoms with E-state index in [9.17, 15) is 28.8 Å². The summed E-state index contributed by atoms with van der Waals surface area (Å²) in [5.74, 6) is -7.91. The van der Waals surface area contributed by atoms with Gasteiger partial charge in [0, 0.05) is 24.3 Å². The molecule has 6 rings (SSSR count). The third-order valence-corrected chi connectivity index (χ3v) is 7.48. The molecule has 0 bridgehead atoms. The van der Waals surface area contributed by atoms with E-state index in [0.29, 0.717) is 31.4 Å². The third-order valence-electron chi connectivity index (χ3n) is 7.48. The van der Waals surface area contributed by atoms with Crippen molar-refractivity contribution < 1.29 is 116 Å². The van der Waals surface area contributed by atoms with Crippen molar-refractivity contribution in [1.29, 1.82) is 0 Å². The number of phenols is 17. The lowest BCUT2D eigenvalue weighted by Crippen LogP contribution is -1.82. The van der Waals surface area contributed by atoms with Crippen molar-refractivity contribution in [3.8, 4) is 97.7 Å².